The molecule has 0 unspecified atom stereocenters. The standard InChI is InChI=1S/C13H16N2O4S/c1-9-10(2)19-13(15-9)8-14-20(16,17)12-6-4-11(18-3)5-7-12/h4-7,14H,8H2,1-3H3. The van der Waals surface area contributed by atoms with Crippen LogP contribution in [0.5, 0.6) is 5.75 Å². The minimum atomic E-state index is -3.59. The van der Waals surface area contributed by atoms with Crippen LogP contribution in [0.2, 0.25) is 0 Å². The number of methoxy groups -OCH3 is 1. The molecule has 0 aliphatic rings. The molecule has 0 spiro atoms. The van der Waals surface area contributed by atoms with E-state index in [1.54, 1.807) is 26.0 Å². The third-order valence-electron chi connectivity index (χ3n) is 2.86. The molecule has 2 aromatic rings. The van der Waals surface area contributed by atoms with E-state index in [4.69, 9.17) is 9.15 Å². The lowest BCUT2D eigenvalue weighted by molar-refractivity contribution is 0.414. The van der Waals surface area contributed by atoms with Crippen LogP contribution in [-0.2, 0) is 16.6 Å². The van der Waals surface area contributed by atoms with Gasteiger partial charge in [0, 0.05) is 0 Å². The fraction of sp³-hybridized carbons (Fsp3) is 0.308. The molecule has 1 aromatic carbocycles. The summed E-state index contributed by atoms with van der Waals surface area (Å²) in [7, 11) is -2.07. The van der Waals surface area contributed by atoms with Crippen molar-refractivity contribution in [3.05, 3.63) is 41.6 Å². The van der Waals surface area contributed by atoms with E-state index in [2.05, 4.69) is 9.71 Å². The molecule has 0 atom stereocenters. The van der Waals surface area contributed by atoms with Gasteiger partial charge in [-0.25, -0.2) is 18.1 Å². The van der Waals surface area contributed by atoms with Crippen LogP contribution in [0.15, 0.2) is 33.6 Å². The maximum Gasteiger partial charge on any atom is 0.241 e. The van der Waals surface area contributed by atoms with E-state index >= 15 is 0 Å². The minimum absolute atomic E-state index is 0.0169. The van der Waals surface area contributed by atoms with Crippen LogP contribution in [0, 0.1) is 13.8 Å². The largest absolute Gasteiger partial charge is 0.497 e. The van der Waals surface area contributed by atoms with Crippen molar-refractivity contribution in [2.24, 2.45) is 0 Å². The molecule has 108 valence electrons. The van der Waals surface area contributed by atoms with Crippen molar-refractivity contribution in [3.63, 3.8) is 0 Å². The number of oxazole rings is 1. The Hall–Kier alpha value is -1.86. The molecule has 20 heavy (non-hydrogen) atoms. The van der Waals surface area contributed by atoms with E-state index in [1.807, 2.05) is 0 Å². The van der Waals surface area contributed by atoms with Crippen molar-refractivity contribution in [1.29, 1.82) is 0 Å². The lowest BCUT2D eigenvalue weighted by Crippen LogP contribution is -2.23. The fourth-order valence-corrected chi connectivity index (χ4v) is 2.58. The topological polar surface area (TPSA) is 81.4 Å². The van der Waals surface area contributed by atoms with E-state index in [1.165, 1.54) is 19.2 Å². The third-order valence-corrected chi connectivity index (χ3v) is 4.27. The summed E-state index contributed by atoms with van der Waals surface area (Å²) < 4.78 is 36.9. The van der Waals surface area contributed by atoms with Gasteiger partial charge in [0.05, 0.1) is 24.2 Å². The first-order valence-corrected chi connectivity index (χ1v) is 7.47. The molecule has 0 amide bonds. The predicted octanol–water partition coefficient (Wildman–Crippen LogP) is 1.78. The Morgan fingerprint density at radius 1 is 1.25 bits per heavy atom. The number of ether oxygens (including phenoxy) is 1. The Balaban J connectivity index is 2.10. The van der Waals surface area contributed by atoms with Gasteiger partial charge in [-0.1, -0.05) is 0 Å². The van der Waals surface area contributed by atoms with Gasteiger partial charge < -0.3 is 9.15 Å². The van der Waals surface area contributed by atoms with Gasteiger partial charge in [-0.2, -0.15) is 0 Å². The highest BCUT2D eigenvalue weighted by molar-refractivity contribution is 7.89. The fourth-order valence-electron chi connectivity index (χ4n) is 1.61. The molecule has 1 N–H and O–H groups in total. The zero-order valence-corrected chi connectivity index (χ0v) is 12.3. The van der Waals surface area contributed by atoms with E-state index in [-0.39, 0.29) is 11.4 Å². The van der Waals surface area contributed by atoms with Crippen molar-refractivity contribution in [2.75, 3.05) is 7.11 Å². The van der Waals surface area contributed by atoms with Crippen LogP contribution in [0.3, 0.4) is 0 Å². The molecule has 1 heterocycles. The second-order valence-electron chi connectivity index (χ2n) is 4.25. The highest BCUT2D eigenvalue weighted by Gasteiger charge is 2.15. The van der Waals surface area contributed by atoms with Gasteiger partial charge in [0.1, 0.15) is 11.5 Å². The highest BCUT2D eigenvalue weighted by atomic mass is 32.2. The van der Waals surface area contributed by atoms with Gasteiger partial charge in [0.25, 0.3) is 0 Å². The van der Waals surface area contributed by atoms with Gasteiger partial charge >= 0.3 is 0 Å². The summed E-state index contributed by atoms with van der Waals surface area (Å²) in [4.78, 5) is 4.29. The number of nitrogens with zero attached hydrogens (tertiary/aromatic N) is 1. The van der Waals surface area contributed by atoms with E-state index in [0.717, 1.165) is 5.69 Å². The molecule has 0 saturated carbocycles. The number of aromatic nitrogens is 1. The third kappa shape index (κ3) is 3.17. The predicted molar refractivity (Wildman–Crippen MR) is 73.0 cm³/mol. The SMILES string of the molecule is COc1ccc(S(=O)(=O)NCc2nc(C)c(C)o2)cc1. The number of benzene rings is 1. The van der Waals surface area contributed by atoms with Crippen LogP contribution < -0.4 is 9.46 Å². The first-order valence-electron chi connectivity index (χ1n) is 5.99. The summed E-state index contributed by atoms with van der Waals surface area (Å²) in [6.45, 7) is 3.60. The Kier molecular flexibility index (Phi) is 4.10. The first-order chi connectivity index (χ1) is 9.42. The number of hydrogen-bond donors (Lipinski definition) is 1. The Morgan fingerprint density at radius 2 is 1.90 bits per heavy atom. The van der Waals surface area contributed by atoms with Gasteiger partial charge in [-0.05, 0) is 38.1 Å². The second kappa shape index (κ2) is 5.64. The average molecular weight is 296 g/mol. The summed E-state index contributed by atoms with van der Waals surface area (Å²) in [5.41, 5.74) is 0.753. The molecular weight excluding hydrogens is 280 g/mol. The Morgan fingerprint density at radius 3 is 2.40 bits per heavy atom. The summed E-state index contributed by atoms with van der Waals surface area (Å²) >= 11 is 0. The normalized spacial score (nSPS) is 11.6. The summed E-state index contributed by atoms with van der Waals surface area (Å²) in [6, 6.07) is 6.14. The van der Waals surface area contributed by atoms with Crippen LogP contribution >= 0.6 is 0 Å². The maximum atomic E-state index is 12.1. The van der Waals surface area contributed by atoms with Crippen molar-refractivity contribution in [3.8, 4) is 5.75 Å². The average Bonchev–Trinajstić information content (AvgIpc) is 2.76. The molecular formula is C13H16N2O4S. The van der Waals surface area contributed by atoms with E-state index in [0.29, 0.717) is 17.4 Å². The molecule has 0 aliphatic carbocycles. The quantitative estimate of drug-likeness (QED) is 0.909. The van der Waals surface area contributed by atoms with Crippen molar-refractivity contribution < 1.29 is 17.6 Å². The van der Waals surface area contributed by atoms with Gasteiger partial charge in [0.15, 0.2) is 0 Å². The first kappa shape index (κ1) is 14.5. The van der Waals surface area contributed by atoms with Crippen molar-refractivity contribution in [1.82, 2.24) is 9.71 Å². The highest BCUT2D eigenvalue weighted by Crippen LogP contribution is 2.16. The van der Waals surface area contributed by atoms with Gasteiger partial charge in [-0.3, -0.25) is 0 Å². The molecule has 1 aromatic heterocycles. The molecule has 2 rings (SSSR count). The van der Waals surface area contributed by atoms with E-state index in [9.17, 15) is 8.42 Å². The van der Waals surface area contributed by atoms with E-state index < -0.39 is 10.0 Å². The van der Waals surface area contributed by atoms with Gasteiger partial charge in [-0.15, -0.1) is 0 Å². The van der Waals surface area contributed by atoms with Crippen molar-refractivity contribution in [2.45, 2.75) is 25.3 Å². The number of aryl methyl sites for hydroxylation is 2. The number of sulfonamides is 1. The second-order valence-corrected chi connectivity index (χ2v) is 6.02. The van der Waals surface area contributed by atoms with Crippen LogP contribution in [-0.4, -0.2) is 20.5 Å². The minimum Gasteiger partial charge on any atom is -0.497 e. The molecule has 0 bridgehead atoms. The van der Waals surface area contributed by atoms with Crippen molar-refractivity contribution >= 4 is 10.0 Å². The van der Waals surface area contributed by atoms with Crippen LogP contribution in [0.1, 0.15) is 17.3 Å². The smallest absolute Gasteiger partial charge is 0.241 e. The van der Waals surface area contributed by atoms with Gasteiger partial charge in [0.2, 0.25) is 15.9 Å². The lowest BCUT2D eigenvalue weighted by Gasteiger charge is -2.05. The summed E-state index contributed by atoms with van der Waals surface area (Å²) in [5, 5.41) is 0. The zero-order valence-electron chi connectivity index (χ0n) is 11.5. The molecule has 6 nitrogen and oxygen atoms in total. The maximum absolute atomic E-state index is 12.1. The molecule has 0 radical (unpaired) electrons. The molecule has 7 heteroatoms. The molecule has 0 saturated heterocycles. The Bertz CT molecular complexity index is 670. The van der Waals surface area contributed by atoms with Crippen LogP contribution in [0.4, 0.5) is 0 Å². The zero-order chi connectivity index (χ0) is 14.8. The number of nitrogens with one attached hydrogen (secondary N) is 1. The number of rotatable bonds is 5. The Labute approximate surface area is 117 Å². The lowest BCUT2D eigenvalue weighted by atomic mass is 10.3. The summed E-state index contributed by atoms with van der Waals surface area (Å²) in [5.74, 6) is 1.63. The van der Waals surface area contributed by atoms with Crippen LogP contribution in [0.25, 0.3) is 0 Å². The summed E-state index contributed by atoms with van der Waals surface area (Å²) in [6.07, 6.45) is 0. The monoisotopic (exact) mass is 296 g/mol. The molecule has 0 aliphatic heterocycles. The number of hydrogen-bond acceptors (Lipinski definition) is 5. The molecule has 0 fully saturated rings.